The molecule has 8 aromatic rings. The van der Waals surface area contributed by atoms with E-state index in [1.54, 1.807) is 6.08 Å². The molecule has 0 amide bonds. The molecule has 0 aliphatic rings. The maximum Gasteiger partial charge on any atom is 0.164 e. The van der Waals surface area contributed by atoms with E-state index < -0.39 is 0 Å². The average molecular weight is 618 g/mol. The van der Waals surface area contributed by atoms with Crippen LogP contribution in [0.5, 0.6) is 0 Å². The summed E-state index contributed by atoms with van der Waals surface area (Å²) in [5, 5.41) is 3.24. The molecule has 0 radical (unpaired) electrons. The third kappa shape index (κ3) is 5.72. The van der Waals surface area contributed by atoms with E-state index in [1.165, 1.54) is 10.9 Å². The zero-order valence-corrected chi connectivity index (χ0v) is 26.3. The van der Waals surface area contributed by atoms with E-state index in [0.717, 1.165) is 56.2 Å². The molecule has 0 fully saturated rings. The Morgan fingerprint density at radius 3 is 1.94 bits per heavy atom. The van der Waals surface area contributed by atoms with Gasteiger partial charge in [0.25, 0.3) is 0 Å². The van der Waals surface area contributed by atoms with E-state index in [9.17, 15) is 0 Å². The predicted molar refractivity (Wildman–Crippen MR) is 198 cm³/mol. The Labute approximate surface area is 279 Å². The fourth-order valence-electron chi connectivity index (χ4n) is 6.15. The topological polar surface area (TPSA) is 51.8 Å². The molecule has 6 aromatic carbocycles. The third-order valence-corrected chi connectivity index (χ3v) is 8.58. The van der Waals surface area contributed by atoms with Crippen molar-refractivity contribution in [2.45, 2.75) is 6.42 Å². The molecule has 8 rings (SSSR count). The van der Waals surface area contributed by atoms with Gasteiger partial charge in [0.05, 0.1) is 0 Å². The first kappa shape index (κ1) is 29.0. The molecular formula is C44H31N3O. The van der Waals surface area contributed by atoms with Crippen LogP contribution in [-0.4, -0.2) is 15.0 Å². The predicted octanol–water partition coefficient (Wildman–Crippen LogP) is 11.3. The Morgan fingerprint density at radius 2 is 1.17 bits per heavy atom. The van der Waals surface area contributed by atoms with E-state index in [1.807, 2.05) is 30.3 Å². The van der Waals surface area contributed by atoms with Gasteiger partial charge in [-0.3, -0.25) is 0 Å². The summed E-state index contributed by atoms with van der Waals surface area (Å²) in [7, 11) is 0. The molecule has 0 saturated heterocycles. The van der Waals surface area contributed by atoms with Crippen LogP contribution in [0.2, 0.25) is 0 Å². The van der Waals surface area contributed by atoms with Crippen molar-refractivity contribution in [1.82, 2.24) is 15.0 Å². The Morgan fingerprint density at radius 1 is 0.542 bits per heavy atom. The molecule has 0 bridgehead atoms. The number of furan rings is 1. The van der Waals surface area contributed by atoms with Gasteiger partial charge in [-0.05, 0) is 52.1 Å². The number of rotatable bonds is 8. The van der Waals surface area contributed by atoms with E-state index in [4.69, 9.17) is 19.4 Å². The Kier molecular flexibility index (Phi) is 7.73. The molecule has 48 heavy (non-hydrogen) atoms. The quantitative estimate of drug-likeness (QED) is 0.170. The highest BCUT2D eigenvalue weighted by atomic mass is 16.3. The molecule has 0 N–H and O–H groups in total. The lowest BCUT2D eigenvalue weighted by Gasteiger charge is -2.10. The molecule has 0 atom stereocenters. The highest BCUT2D eigenvalue weighted by molar-refractivity contribution is 6.01. The SMILES string of the molecule is C=Cc1oc2cccc(-c3nc(-c4ccc(-c5ccccc5)cc4)nc(-c4ccc5ccccc5c4)n3)c2c1/C=C\Cc1ccccc1. The average Bonchev–Trinajstić information content (AvgIpc) is 3.53. The van der Waals surface area contributed by atoms with Gasteiger partial charge in [0, 0.05) is 27.6 Å². The fraction of sp³-hybridized carbons (Fsp3) is 0.0227. The van der Waals surface area contributed by atoms with Gasteiger partial charge >= 0.3 is 0 Å². The first-order chi connectivity index (χ1) is 23.7. The second kappa shape index (κ2) is 12.8. The summed E-state index contributed by atoms with van der Waals surface area (Å²) in [6.07, 6.45) is 6.85. The van der Waals surface area contributed by atoms with Gasteiger partial charge in [0.1, 0.15) is 11.3 Å². The summed E-state index contributed by atoms with van der Waals surface area (Å²) in [5.41, 5.74) is 7.95. The monoisotopic (exact) mass is 617 g/mol. The highest BCUT2D eigenvalue weighted by Gasteiger charge is 2.19. The number of nitrogens with zero attached hydrogens (tertiary/aromatic N) is 3. The Bertz CT molecular complexity index is 2430. The van der Waals surface area contributed by atoms with Crippen LogP contribution in [-0.2, 0) is 6.42 Å². The number of aromatic nitrogens is 3. The Hall–Kier alpha value is -6.39. The van der Waals surface area contributed by atoms with Gasteiger partial charge in [-0.1, -0.05) is 152 Å². The van der Waals surface area contributed by atoms with Crippen molar-refractivity contribution in [3.8, 4) is 45.3 Å². The van der Waals surface area contributed by atoms with Gasteiger partial charge in [-0.2, -0.15) is 0 Å². The maximum atomic E-state index is 6.31. The molecule has 0 spiro atoms. The largest absolute Gasteiger partial charge is 0.456 e. The maximum absolute atomic E-state index is 6.31. The van der Waals surface area contributed by atoms with Gasteiger partial charge in [-0.15, -0.1) is 0 Å². The second-order valence-electron chi connectivity index (χ2n) is 11.7. The van der Waals surface area contributed by atoms with Crippen molar-refractivity contribution in [3.05, 3.63) is 175 Å². The summed E-state index contributed by atoms with van der Waals surface area (Å²) in [5.74, 6) is 2.50. The minimum absolute atomic E-state index is 0.579. The van der Waals surface area contributed by atoms with Gasteiger partial charge in [0.2, 0.25) is 0 Å². The number of hydrogen-bond acceptors (Lipinski definition) is 4. The lowest BCUT2D eigenvalue weighted by molar-refractivity contribution is 0.603. The smallest absolute Gasteiger partial charge is 0.164 e. The van der Waals surface area contributed by atoms with Crippen molar-refractivity contribution in [3.63, 3.8) is 0 Å². The molecular weight excluding hydrogens is 587 g/mol. The van der Waals surface area contributed by atoms with Crippen LogP contribution in [0, 0.1) is 0 Å². The zero-order chi connectivity index (χ0) is 32.3. The molecule has 0 saturated carbocycles. The summed E-state index contributed by atoms with van der Waals surface area (Å²) in [6, 6.07) is 49.9. The highest BCUT2D eigenvalue weighted by Crippen LogP contribution is 2.37. The zero-order valence-electron chi connectivity index (χ0n) is 26.3. The summed E-state index contributed by atoms with van der Waals surface area (Å²) < 4.78 is 6.31. The van der Waals surface area contributed by atoms with Gasteiger partial charge < -0.3 is 4.42 Å². The fourth-order valence-corrected chi connectivity index (χ4v) is 6.15. The molecule has 0 aliphatic heterocycles. The molecule has 2 heterocycles. The van der Waals surface area contributed by atoms with E-state index in [2.05, 4.69) is 134 Å². The molecule has 2 aromatic heterocycles. The normalized spacial score (nSPS) is 11.4. The van der Waals surface area contributed by atoms with E-state index in [0.29, 0.717) is 23.2 Å². The van der Waals surface area contributed by atoms with Crippen molar-refractivity contribution >= 4 is 33.9 Å². The van der Waals surface area contributed by atoms with Gasteiger partial charge in [-0.25, -0.2) is 15.0 Å². The number of allylic oxidation sites excluding steroid dienone is 1. The number of hydrogen-bond donors (Lipinski definition) is 0. The first-order valence-electron chi connectivity index (χ1n) is 16.0. The minimum atomic E-state index is 0.579. The summed E-state index contributed by atoms with van der Waals surface area (Å²) in [4.78, 5) is 15.3. The van der Waals surface area contributed by atoms with E-state index >= 15 is 0 Å². The van der Waals surface area contributed by atoms with Crippen LogP contribution < -0.4 is 0 Å². The minimum Gasteiger partial charge on any atom is -0.456 e. The first-order valence-corrected chi connectivity index (χ1v) is 16.0. The molecule has 0 aliphatic carbocycles. The molecule has 0 unspecified atom stereocenters. The van der Waals surface area contributed by atoms with Crippen molar-refractivity contribution in [1.29, 1.82) is 0 Å². The van der Waals surface area contributed by atoms with Crippen LogP contribution in [0.15, 0.2) is 163 Å². The molecule has 4 nitrogen and oxygen atoms in total. The van der Waals surface area contributed by atoms with Crippen LogP contribution in [0.4, 0.5) is 0 Å². The lowest BCUT2D eigenvalue weighted by atomic mass is 10.0. The lowest BCUT2D eigenvalue weighted by Crippen LogP contribution is -2.00. The summed E-state index contributed by atoms with van der Waals surface area (Å²) >= 11 is 0. The van der Waals surface area contributed by atoms with Crippen LogP contribution in [0.25, 0.3) is 79.2 Å². The Balaban J connectivity index is 1.29. The molecule has 228 valence electrons. The molecule has 4 heteroatoms. The van der Waals surface area contributed by atoms with Crippen molar-refractivity contribution in [2.24, 2.45) is 0 Å². The number of benzene rings is 6. The van der Waals surface area contributed by atoms with Gasteiger partial charge in [0.15, 0.2) is 17.5 Å². The standard InChI is InChI=1S/C44H31N3O/c1-2-39-37(20-11-15-30-13-5-3-6-14-30)41-38(21-12-22-40(41)48-39)44-46-42(34-26-23-33(24-27-34)31-16-7-4-8-17-31)45-43(47-44)36-28-25-32-18-9-10-19-35(32)29-36/h2-14,16-29H,1,15H2/b20-11-. The van der Waals surface area contributed by atoms with Crippen LogP contribution in [0.3, 0.4) is 0 Å². The third-order valence-electron chi connectivity index (χ3n) is 8.58. The van der Waals surface area contributed by atoms with Crippen molar-refractivity contribution < 1.29 is 4.42 Å². The van der Waals surface area contributed by atoms with Crippen molar-refractivity contribution in [2.75, 3.05) is 0 Å². The summed E-state index contributed by atoms with van der Waals surface area (Å²) in [6.45, 7) is 4.05. The van der Waals surface area contributed by atoms with Crippen LogP contribution >= 0.6 is 0 Å². The second-order valence-corrected chi connectivity index (χ2v) is 11.7. The van der Waals surface area contributed by atoms with E-state index in [-0.39, 0.29) is 0 Å². The van der Waals surface area contributed by atoms with Crippen LogP contribution in [0.1, 0.15) is 16.9 Å². The number of fused-ring (bicyclic) bond motifs is 2.